The summed E-state index contributed by atoms with van der Waals surface area (Å²) in [5, 5.41) is 17.0. The van der Waals surface area contributed by atoms with Crippen LogP contribution in [0.1, 0.15) is 24.3 Å². The lowest BCUT2D eigenvalue weighted by atomic mass is 10.0. The first-order chi connectivity index (χ1) is 15.5. The molecule has 160 valence electrons. The average molecular weight is 446 g/mol. The van der Waals surface area contributed by atoms with Gasteiger partial charge >= 0.3 is 0 Å². The lowest BCUT2D eigenvalue weighted by Gasteiger charge is -2.22. The third kappa shape index (κ3) is 3.56. The highest BCUT2D eigenvalue weighted by Gasteiger charge is 2.23. The number of fused-ring (bicyclic) bond motifs is 1. The molecule has 2 N–H and O–H groups in total. The Hall–Kier alpha value is -3.51. The van der Waals surface area contributed by atoms with Gasteiger partial charge in [0.15, 0.2) is 0 Å². The van der Waals surface area contributed by atoms with Crippen LogP contribution in [0.3, 0.4) is 0 Å². The van der Waals surface area contributed by atoms with Crippen molar-refractivity contribution in [2.45, 2.75) is 18.8 Å². The molecule has 0 radical (unpaired) electrons. The third-order valence-corrected chi connectivity index (χ3v) is 6.18. The monoisotopic (exact) mass is 445 g/mol. The number of anilines is 2. The van der Waals surface area contributed by atoms with Crippen molar-refractivity contribution in [2.24, 2.45) is 0 Å². The Bertz CT molecular complexity index is 1410. The van der Waals surface area contributed by atoms with Crippen LogP contribution in [0.15, 0.2) is 60.7 Å². The molecule has 1 saturated carbocycles. The van der Waals surface area contributed by atoms with Crippen LogP contribution in [0.25, 0.3) is 22.0 Å². The Labute approximate surface area is 189 Å². The van der Waals surface area contributed by atoms with Gasteiger partial charge in [-0.3, -0.25) is 15.4 Å². The summed E-state index contributed by atoms with van der Waals surface area (Å²) in [6, 6.07) is 18.7. The number of aromatic nitrogens is 2. The predicted molar refractivity (Wildman–Crippen MR) is 127 cm³/mol. The zero-order chi connectivity index (χ0) is 22.4. The van der Waals surface area contributed by atoms with Gasteiger partial charge in [-0.05, 0) is 65.8 Å². The third-order valence-electron chi connectivity index (χ3n) is 5.95. The minimum Gasteiger partial charge on any atom is -0.326 e. The van der Waals surface area contributed by atoms with Crippen LogP contribution in [0.5, 0.6) is 0 Å². The number of benzene rings is 3. The summed E-state index contributed by atoms with van der Waals surface area (Å²) in [4.78, 5) is 5.99. The smallest absolute Gasteiger partial charge is 0.229 e. The van der Waals surface area contributed by atoms with Crippen LogP contribution in [0.2, 0.25) is 5.02 Å². The molecule has 1 heterocycles. The molecule has 5 nitrogen and oxygen atoms in total. The van der Waals surface area contributed by atoms with E-state index in [-0.39, 0.29) is 11.4 Å². The summed E-state index contributed by atoms with van der Waals surface area (Å²) in [7, 11) is 1.73. The molecule has 4 aromatic rings. The quantitative estimate of drug-likeness (QED) is 0.289. The van der Waals surface area contributed by atoms with Crippen LogP contribution in [0, 0.1) is 16.6 Å². The van der Waals surface area contributed by atoms with Crippen molar-refractivity contribution in [1.82, 2.24) is 9.55 Å². The van der Waals surface area contributed by atoms with Crippen LogP contribution in [0.4, 0.5) is 15.9 Å². The number of hydrogen-bond donors (Lipinski definition) is 2. The van der Waals surface area contributed by atoms with E-state index in [0.717, 1.165) is 17.5 Å². The summed E-state index contributed by atoms with van der Waals surface area (Å²) in [5.74, 6) is 0.720. The van der Waals surface area contributed by atoms with Gasteiger partial charge in [0.25, 0.3) is 0 Å². The Morgan fingerprint density at radius 3 is 2.47 bits per heavy atom. The van der Waals surface area contributed by atoms with E-state index in [0.29, 0.717) is 33.3 Å². The van der Waals surface area contributed by atoms with E-state index in [2.05, 4.69) is 29.2 Å². The molecular weight excluding hydrogens is 425 g/mol. The van der Waals surface area contributed by atoms with Gasteiger partial charge in [-0.2, -0.15) is 4.98 Å². The van der Waals surface area contributed by atoms with Crippen molar-refractivity contribution in [3.05, 3.63) is 82.7 Å². The van der Waals surface area contributed by atoms with Gasteiger partial charge in [0, 0.05) is 17.5 Å². The molecule has 1 aliphatic rings. The fourth-order valence-electron chi connectivity index (χ4n) is 4.04. The zero-order valence-corrected chi connectivity index (χ0v) is 18.2. The Morgan fingerprint density at radius 2 is 1.78 bits per heavy atom. The minimum atomic E-state index is -0.384. The number of halogens is 2. The SMILES string of the molecule is CN(c1cc(-c2ccc(C3CC3)cc2)ccc1F)c1nc(=N)n(C=N)c2cc(Cl)ccc12. The molecule has 1 fully saturated rings. The summed E-state index contributed by atoms with van der Waals surface area (Å²) >= 11 is 6.15. The van der Waals surface area contributed by atoms with Gasteiger partial charge < -0.3 is 4.90 Å². The van der Waals surface area contributed by atoms with Gasteiger partial charge in [0.1, 0.15) is 11.6 Å². The van der Waals surface area contributed by atoms with Crippen LogP contribution in [-0.4, -0.2) is 22.9 Å². The molecule has 7 heteroatoms. The molecule has 0 aliphatic heterocycles. The maximum absolute atomic E-state index is 14.9. The normalized spacial score (nSPS) is 13.3. The fourth-order valence-corrected chi connectivity index (χ4v) is 4.20. The standard InChI is InChI=1S/C25H21ClFN5/c1-31(24-20-10-9-19(26)13-22(20)32(14-28)25(29)30-24)23-12-18(8-11-21(23)27)17-6-4-16(5-7-17)15-2-3-15/h4-15,28-29H,2-3H2,1H3. The Kier molecular flexibility index (Phi) is 5.02. The van der Waals surface area contributed by atoms with E-state index in [1.807, 2.05) is 0 Å². The first-order valence-electron chi connectivity index (χ1n) is 10.4. The fraction of sp³-hybridized carbons (Fsp3) is 0.160. The zero-order valence-electron chi connectivity index (χ0n) is 17.4. The predicted octanol–water partition coefficient (Wildman–Crippen LogP) is 6.08. The maximum atomic E-state index is 14.9. The number of rotatable bonds is 5. The van der Waals surface area contributed by atoms with E-state index >= 15 is 0 Å². The molecule has 0 unspecified atom stereocenters. The number of nitrogens with one attached hydrogen (secondary N) is 2. The highest BCUT2D eigenvalue weighted by atomic mass is 35.5. The van der Waals surface area contributed by atoms with E-state index in [1.54, 1.807) is 42.3 Å². The van der Waals surface area contributed by atoms with Crippen LogP contribution in [-0.2, 0) is 0 Å². The molecule has 0 spiro atoms. The van der Waals surface area contributed by atoms with Crippen molar-refractivity contribution in [3.8, 4) is 11.1 Å². The highest BCUT2D eigenvalue weighted by molar-refractivity contribution is 6.31. The van der Waals surface area contributed by atoms with Gasteiger partial charge in [0.05, 0.1) is 17.5 Å². The summed E-state index contributed by atoms with van der Waals surface area (Å²) in [6.07, 6.45) is 3.53. The van der Waals surface area contributed by atoms with E-state index < -0.39 is 0 Å². The Morgan fingerprint density at radius 1 is 1.06 bits per heavy atom. The van der Waals surface area contributed by atoms with Gasteiger partial charge in [0.2, 0.25) is 5.62 Å². The van der Waals surface area contributed by atoms with E-state index in [1.165, 1.54) is 29.0 Å². The molecule has 32 heavy (non-hydrogen) atoms. The highest BCUT2D eigenvalue weighted by Crippen LogP contribution is 2.41. The Balaban J connectivity index is 1.61. The molecule has 5 rings (SSSR count). The van der Waals surface area contributed by atoms with Crippen molar-refractivity contribution < 1.29 is 4.39 Å². The first kappa shape index (κ1) is 20.4. The van der Waals surface area contributed by atoms with E-state index in [9.17, 15) is 4.39 Å². The lowest BCUT2D eigenvalue weighted by Crippen LogP contribution is -2.26. The lowest BCUT2D eigenvalue weighted by molar-refractivity contribution is 0.627. The molecule has 0 saturated heterocycles. The maximum Gasteiger partial charge on any atom is 0.229 e. The van der Waals surface area contributed by atoms with Crippen molar-refractivity contribution in [3.63, 3.8) is 0 Å². The minimum absolute atomic E-state index is 0.135. The summed E-state index contributed by atoms with van der Waals surface area (Å²) in [5.41, 5.74) is 4.05. The summed E-state index contributed by atoms with van der Waals surface area (Å²) in [6.45, 7) is 0. The molecule has 1 aromatic heterocycles. The average Bonchev–Trinajstić information content (AvgIpc) is 3.64. The largest absolute Gasteiger partial charge is 0.326 e. The second-order valence-corrected chi connectivity index (χ2v) is 8.48. The first-order valence-corrected chi connectivity index (χ1v) is 10.7. The van der Waals surface area contributed by atoms with Crippen molar-refractivity contribution in [2.75, 3.05) is 11.9 Å². The summed E-state index contributed by atoms with van der Waals surface area (Å²) < 4.78 is 16.3. The van der Waals surface area contributed by atoms with Gasteiger partial charge in [-0.1, -0.05) is 41.9 Å². The van der Waals surface area contributed by atoms with Gasteiger partial charge in [-0.25, -0.2) is 4.39 Å². The molecule has 0 atom stereocenters. The van der Waals surface area contributed by atoms with Crippen molar-refractivity contribution in [1.29, 1.82) is 10.8 Å². The van der Waals surface area contributed by atoms with E-state index in [4.69, 9.17) is 22.4 Å². The van der Waals surface area contributed by atoms with Crippen molar-refractivity contribution >= 4 is 40.3 Å². The second kappa shape index (κ2) is 7.88. The molecule has 3 aromatic carbocycles. The molecule has 0 bridgehead atoms. The van der Waals surface area contributed by atoms with Crippen LogP contribution >= 0.6 is 11.6 Å². The molecular formula is C25H21ClFN5. The number of nitrogens with zero attached hydrogens (tertiary/aromatic N) is 3. The topological polar surface area (TPSA) is 68.8 Å². The second-order valence-electron chi connectivity index (χ2n) is 8.04. The molecule has 0 amide bonds. The molecule has 1 aliphatic carbocycles. The van der Waals surface area contributed by atoms with Gasteiger partial charge in [-0.15, -0.1) is 0 Å². The number of hydrogen-bond acceptors (Lipinski definition) is 4. The van der Waals surface area contributed by atoms with Crippen LogP contribution < -0.4 is 10.5 Å².